The van der Waals surface area contributed by atoms with Crippen LogP contribution >= 0.6 is 0 Å². The predicted molar refractivity (Wildman–Crippen MR) is 61.7 cm³/mol. The highest BCUT2D eigenvalue weighted by molar-refractivity contribution is 4.91. The molecule has 1 fully saturated rings. The number of halogens is 2. The third-order valence-electron chi connectivity index (χ3n) is 3.21. The van der Waals surface area contributed by atoms with Gasteiger partial charge in [-0.2, -0.15) is 0 Å². The van der Waals surface area contributed by atoms with Crippen molar-refractivity contribution in [1.82, 2.24) is 10.2 Å². The Morgan fingerprint density at radius 2 is 2.12 bits per heavy atom. The van der Waals surface area contributed by atoms with E-state index in [0.717, 1.165) is 6.54 Å². The van der Waals surface area contributed by atoms with Crippen LogP contribution in [-0.4, -0.2) is 49.1 Å². The van der Waals surface area contributed by atoms with Crippen LogP contribution in [0.1, 0.15) is 26.7 Å². The standard InChI is InChI=1S/C11H23F2N3/c1-9(2)16(8-5-14)7-3-10-11(12,13)4-6-15-10/h9-10,15H,3-8,14H2,1-2H3. The highest BCUT2D eigenvalue weighted by atomic mass is 19.3. The molecule has 5 heteroatoms. The number of hydrogen-bond donors (Lipinski definition) is 2. The van der Waals surface area contributed by atoms with Crippen molar-refractivity contribution < 1.29 is 8.78 Å². The quantitative estimate of drug-likeness (QED) is 0.723. The van der Waals surface area contributed by atoms with Crippen LogP contribution in [0.4, 0.5) is 8.78 Å². The molecule has 0 radical (unpaired) electrons. The molecule has 0 aromatic heterocycles. The third kappa shape index (κ3) is 3.64. The van der Waals surface area contributed by atoms with Crippen LogP contribution in [0.15, 0.2) is 0 Å². The van der Waals surface area contributed by atoms with Crippen molar-refractivity contribution in [2.75, 3.05) is 26.2 Å². The fourth-order valence-electron chi connectivity index (χ4n) is 2.14. The van der Waals surface area contributed by atoms with Crippen molar-refractivity contribution in [2.45, 2.75) is 44.7 Å². The Morgan fingerprint density at radius 3 is 2.56 bits per heavy atom. The van der Waals surface area contributed by atoms with Gasteiger partial charge in [0.2, 0.25) is 0 Å². The van der Waals surface area contributed by atoms with Gasteiger partial charge in [-0.05, 0) is 20.3 Å². The first-order chi connectivity index (χ1) is 7.47. The predicted octanol–water partition coefficient (Wildman–Crippen LogP) is 1.04. The maximum absolute atomic E-state index is 13.3. The monoisotopic (exact) mass is 235 g/mol. The Morgan fingerprint density at radius 1 is 1.44 bits per heavy atom. The summed E-state index contributed by atoms with van der Waals surface area (Å²) in [5, 5.41) is 2.88. The van der Waals surface area contributed by atoms with Crippen molar-refractivity contribution in [2.24, 2.45) is 5.73 Å². The van der Waals surface area contributed by atoms with E-state index in [9.17, 15) is 8.78 Å². The van der Waals surface area contributed by atoms with Crippen LogP contribution in [-0.2, 0) is 0 Å². The molecule has 1 heterocycles. The highest BCUT2D eigenvalue weighted by Crippen LogP contribution is 2.29. The third-order valence-corrected chi connectivity index (χ3v) is 3.21. The maximum atomic E-state index is 13.3. The topological polar surface area (TPSA) is 41.3 Å². The first-order valence-corrected chi connectivity index (χ1v) is 6.02. The van der Waals surface area contributed by atoms with Gasteiger partial charge in [0.05, 0.1) is 6.04 Å². The van der Waals surface area contributed by atoms with Gasteiger partial charge in [0, 0.05) is 38.6 Å². The zero-order chi connectivity index (χ0) is 12.2. The molecule has 1 unspecified atom stereocenters. The Labute approximate surface area is 96.4 Å². The molecule has 1 aliphatic heterocycles. The Bertz CT molecular complexity index is 209. The van der Waals surface area contributed by atoms with Gasteiger partial charge in [-0.25, -0.2) is 8.78 Å². The average Bonchev–Trinajstić information content (AvgIpc) is 2.52. The van der Waals surface area contributed by atoms with Crippen molar-refractivity contribution in [1.29, 1.82) is 0 Å². The number of nitrogens with two attached hydrogens (primary N) is 1. The lowest BCUT2D eigenvalue weighted by Crippen LogP contribution is -2.42. The van der Waals surface area contributed by atoms with Gasteiger partial charge in [-0.1, -0.05) is 0 Å². The number of hydrogen-bond acceptors (Lipinski definition) is 3. The van der Waals surface area contributed by atoms with Gasteiger partial charge in [0.25, 0.3) is 5.92 Å². The minimum absolute atomic E-state index is 0.0315. The summed E-state index contributed by atoms with van der Waals surface area (Å²) < 4.78 is 26.7. The van der Waals surface area contributed by atoms with Crippen LogP contribution < -0.4 is 11.1 Å². The highest BCUT2D eigenvalue weighted by Gasteiger charge is 2.43. The Kier molecular flexibility index (Phi) is 5.08. The van der Waals surface area contributed by atoms with Crippen LogP contribution in [0.5, 0.6) is 0 Å². The van der Waals surface area contributed by atoms with E-state index < -0.39 is 12.0 Å². The molecule has 16 heavy (non-hydrogen) atoms. The fraction of sp³-hybridized carbons (Fsp3) is 1.00. The number of alkyl halides is 2. The minimum atomic E-state index is -2.54. The molecule has 0 spiro atoms. The first kappa shape index (κ1) is 13.8. The SMILES string of the molecule is CC(C)N(CCN)CCC1NCCC1(F)F. The molecule has 0 aliphatic carbocycles. The van der Waals surface area contributed by atoms with Crippen molar-refractivity contribution in [3.05, 3.63) is 0 Å². The average molecular weight is 235 g/mol. The maximum Gasteiger partial charge on any atom is 0.264 e. The molecule has 3 N–H and O–H groups in total. The van der Waals surface area contributed by atoms with E-state index in [2.05, 4.69) is 24.1 Å². The first-order valence-electron chi connectivity index (χ1n) is 6.02. The smallest absolute Gasteiger partial charge is 0.264 e. The largest absolute Gasteiger partial charge is 0.329 e. The normalized spacial score (nSPS) is 24.6. The molecule has 3 nitrogen and oxygen atoms in total. The van der Waals surface area contributed by atoms with E-state index in [4.69, 9.17) is 5.73 Å². The number of nitrogens with one attached hydrogen (secondary N) is 1. The second-order valence-corrected chi connectivity index (χ2v) is 4.72. The van der Waals surface area contributed by atoms with E-state index in [1.165, 1.54) is 0 Å². The number of nitrogens with zero attached hydrogens (tertiary/aromatic N) is 1. The van der Waals surface area contributed by atoms with Crippen molar-refractivity contribution >= 4 is 0 Å². The number of rotatable bonds is 6. The summed E-state index contributed by atoms with van der Waals surface area (Å²) in [5.74, 6) is -2.54. The zero-order valence-corrected chi connectivity index (χ0v) is 10.2. The summed E-state index contributed by atoms with van der Waals surface area (Å²) in [5.41, 5.74) is 5.50. The molecule has 1 rings (SSSR count). The molecule has 96 valence electrons. The van der Waals surface area contributed by atoms with Gasteiger partial charge < -0.3 is 11.1 Å². The van der Waals surface area contributed by atoms with E-state index in [0.29, 0.717) is 32.1 Å². The zero-order valence-electron chi connectivity index (χ0n) is 10.2. The summed E-state index contributed by atoms with van der Waals surface area (Å²) in [6, 6.07) is -0.301. The lowest BCUT2D eigenvalue weighted by atomic mass is 10.1. The lowest BCUT2D eigenvalue weighted by molar-refractivity contribution is -0.0161. The molecule has 0 bridgehead atoms. The molecule has 1 aliphatic rings. The summed E-state index contributed by atoms with van der Waals surface area (Å²) in [6.07, 6.45) is 0.460. The second kappa shape index (κ2) is 5.89. The van der Waals surface area contributed by atoms with Crippen molar-refractivity contribution in [3.8, 4) is 0 Å². The molecule has 0 aromatic carbocycles. The Balaban J connectivity index is 2.37. The van der Waals surface area contributed by atoms with E-state index >= 15 is 0 Å². The van der Waals surface area contributed by atoms with E-state index in [1.54, 1.807) is 0 Å². The molecule has 1 saturated heterocycles. The van der Waals surface area contributed by atoms with E-state index in [-0.39, 0.29) is 6.42 Å². The summed E-state index contributed by atoms with van der Waals surface area (Å²) in [4.78, 5) is 2.15. The summed E-state index contributed by atoms with van der Waals surface area (Å²) in [6.45, 7) is 6.59. The van der Waals surface area contributed by atoms with Gasteiger partial charge in [0.15, 0.2) is 0 Å². The lowest BCUT2D eigenvalue weighted by Gasteiger charge is -2.28. The fourth-order valence-corrected chi connectivity index (χ4v) is 2.14. The Hall–Kier alpha value is -0.260. The van der Waals surface area contributed by atoms with Gasteiger partial charge in [-0.15, -0.1) is 0 Å². The molecule has 0 aromatic rings. The van der Waals surface area contributed by atoms with Gasteiger partial charge in [-0.3, -0.25) is 4.90 Å². The second-order valence-electron chi connectivity index (χ2n) is 4.72. The molecule has 0 saturated carbocycles. The molecule has 1 atom stereocenters. The van der Waals surface area contributed by atoms with Crippen LogP contribution in [0.3, 0.4) is 0 Å². The van der Waals surface area contributed by atoms with Crippen LogP contribution in [0.25, 0.3) is 0 Å². The molecular weight excluding hydrogens is 212 g/mol. The summed E-state index contributed by atoms with van der Waals surface area (Å²) >= 11 is 0. The van der Waals surface area contributed by atoms with Gasteiger partial charge in [0.1, 0.15) is 0 Å². The minimum Gasteiger partial charge on any atom is -0.329 e. The van der Waals surface area contributed by atoms with Gasteiger partial charge >= 0.3 is 0 Å². The van der Waals surface area contributed by atoms with Crippen molar-refractivity contribution in [3.63, 3.8) is 0 Å². The van der Waals surface area contributed by atoms with Crippen LogP contribution in [0.2, 0.25) is 0 Å². The van der Waals surface area contributed by atoms with E-state index in [1.807, 2.05) is 0 Å². The van der Waals surface area contributed by atoms with Crippen LogP contribution in [0, 0.1) is 0 Å². The summed E-state index contributed by atoms with van der Waals surface area (Å²) in [7, 11) is 0. The molecule has 0 amide bonds. The molecular formula is C11H23F2N3.